The van der Waals surface area contributed by atoms with Crippen molar-refractivity contribution in [2.75, 3.05) is 17.2 Å². The van der Waals surface area contributed by atoms with Gasteiger partial charge in [0.25, 0.3) is 5.02 Å². The van der Waals surface area contributed by atoms with Gasteiger partial charge < -0.3 is 30.2 Å². The van der Waals surface area contributed by atoms with Gasteiger partial charge in [0.05, 0.1) is 27.7 Å². The van der Waals surface area contributed by atoms with Gasteiger partial charge in [0.1, 0.15) is 0 Å². The van der Waals surface area contributed by atoms with Crippen molar-refractivity contribution in [3.8, 4) is 0 Å². The fourth-order valence-corrected chi connectivity index (χ4v) is 6.89. The molecule has 2 aromatic heterocycles. The topological polar surface area (TPSA) is 199 Å². The van der Waals surface area contributed by atoms with Crippen LogP contribution in [0.25, 0.3) is 0 Å². The number of nitrogens with zero attached hydrogens (tertiary/aromatic N) is 2. The first-order chi connectivity index (χ1) is 13.6. The Bertz CT molecular complexity index is 1060. The van der Waals surface area contributed by atoms with Crippen LogP contribution < -0.4 is 10.6 Å². The number of aromatic nitrogens is 2. The highest BCUT2D eigenvalue weighted by atomic mass is 32.1. The second-order valence-corrected chi connectivity index (χ2v) is 12.4. The lowest BCUT2D eigenvalue weighted by atomic mass is 10.3. The molecule has 0 spiro atoms. The fourth-order valence-electron chi connectivity index (χ4n) is 2.51. The molecule has 0 saturated carbocycles. The quantitative estimate of drug-likeness (QED) is 0.218. The maximum atomic E-state index is 12.3. The van der Waals surface area contributed by atoms with Crippen LogP contribution in [0.1, 0.15) is 44.6 Å². The Kier molecular flexibility index (Phi) is 7.07. The minimum Gasteiger partial charge on any atom is -0.358 e. The smallest absolute Gasteiger partial charge is 0.358 e. The number of aryl methyl sites for hydroxylation is 2. The minimum atomic E-state index is -5.53. The second-order valence-electron chi connectivity index (χ2n) is 6.36. The van der Waals surface area contributed by atoms with Crippen molar-refractivity contribution < 1.29 is 38.3 Å². The molecule has 30 heavy (non-hydrogen) atoms. The number of ketones is 2. The lowest BCUT2D eigenvalue weighted by Gasteiger charge is -2.35. The zero-order chi connectivity index (χ0) is 23.1. The molecule has 2 rings (SSSR count). The molecule has 0 radical (unpaired) electrons. The number of carbonyl (C=O) groups is 2. The summed E-state index contributed by atoms with van der Waals surface area (Å²) in [6.07, 6.45) is 0. The lowest BCUT2D eigenvalue weighted by Crippen LogP contribution is -2.44. The first-order valence-corrected chi connectivity index (χ1v) is 13.0. The Morgan fingerprint density at radius 2 is 1.30 bits per heavy atom. The maximum Gasteiger partial charge on any atom is 0.365 e. The van der Waals surface area contributed by atoms with Gasteiger partial charge >= 0.3 is 15.2 Å². The van der Waals surface area contributed by atoms with E-state index >= 15 is 0 Å². The molecule has 6 N–H and O–H groups in total. The van der Waals surface area contributed by atoms with E-state index in [1.807, 2.05) is 0 Å². The van der Waals surface area contributed by atoms with E-state index < -0.39 is 26.8 Å². The van der Waals surface area contributed by atoms with E-state index in [0.29, 0.717) is 21.9 Å². The number of rotatable bonds is 9. The molecule has 0 fully saturated rings. The largest absolute Gasteiger partial charge is 0.365 e. The molecule has 0 aromatic carbocycles. The van der Waals surface area contributed by atoms with Gasteiger partial charge in [-0.2, -0.15) is 0 Å². The molecule has 0 saturated heterocycles. The molecule has 0 amide bonds. The summed E-state index contributed by atoms with van der Waals surface area (Å²) in [5.74, 6) is -0.633. The number of hydrogen-bond acceptors (Lipinski definition) is 10. The van der Waals surface area contributed by atoms with Gasteiger partial charge in [-0.3, -0.25) is 18.7 Å². The predicted octanol–water partition coefficient (Wildman–Crippen LogP) is 2.15. The van der Waals surface area contributed by atoms with E-state index in [9.17, 15) is 38.3 Å². The number of anilines is 2. The molecule has 0 aliphatic carbocycles. The molecule has 166 valence electrons. The van der Waals surface area contributed by atoms with Gasteiger partial charge in [-0.25, -0.2) is 9.97 Å². The summed E-state index contributed by atoms with van der Waals surface area (Å²) < 4.78 is 24.5. The van der Waals surface area contributed by atoms with E-state index in [0.717, 1.165) is 11.3 Å². The molecule has 0 aliphatic heterocycles. The van der Waals surface area contributed by atoms with Gasteiger partial charge in [-0.1, -0.05) is 22.7 Å². The van der Waals surface area contributed by atoms with Gasteiger partial charge in [0.2, 0.25) is 0 Å². The van der Waals surface area contributed by atoms with E-state index in [2.05, 4.69) is 20.6 Å². The van der Waals surface area contributed by atoms with Gasteiger partial charge in [0.15, 0.2) is 21.8 Å². The molecule has 12 nitrogen and oxygen atoms in total. The van der Waals surface area contributed by atoms with Crippen LogP contribution in [0.15, 0.2) is 0 Å². The summed E-state index contributed by atoms with van der Waals surface area (Å²) in [6, 6.07) is 0. The molecule has 2 heterocycles. The standard InChI is InChI=1S/C14H20N4O8P2S2/c1-6-10(8(3)19)29-12(16-6)15-5-14(27(21,22)23,28(24,25)26)18-13-17-7(2)11(30-13)9(4)20/h5H2,1-4H3,(H,15,16)(H,17,18)(H2,21,22,23)(H2,24,25,26). The normalized spacial score (nSPS) is 12.7. The summed E-state index contributed by atoms with van der Waals surface area (Å²) >= 11 is 1.60. The Morgan fingerprint density at radius 1 is 0.900 bits per heavy atom. The zero-order valence-corrected chi connectivity index (χ0v) is 19.7. The third kappa shape index (κ3) is 4.87. The number of thiazole rings is 2. The molecule has 0 aliphatic rings. The van der Waals surface area contributed by atoms with Crippen LogP contribution in [0.3, 0.4) is 0 Å². The zero-order valence-electron chi connectivity index (χ0n) is 16.2. The summed E-state index contributed by atoms with van der Waals surface area (Å²) in [6.45, 7) is 4.67. The van der Waals surface area contributed by atoms with Gasteiger partial charge in [-0.15, -0.1) is 0 Å². The van der Waals surface area contributed by atoms with Crippen LogP contribution in [0, 0.1) is 13.8 Å². The highest BCUT2D eigenvalue weighted by Gasteiger charge is 2.61. The van der Waals surface area contributed by atoms with Crippen molar-refractivity contribution in [1.82, 2.24) is 9.97 Å². The minimum absolute atomic E-state index is 0.0468. The SMILES string of the molecule is CC(=O)c1sc(NCC(Nc2nc(C)c(C(C)=O)s2)(P(=O)(O)O)P(=O)(O)O)nc1C. The van der Waals surface area contributed by atoms with Crippen LogP contribution in [-0.2, 0) is 9.13 Å². The van der Waals surface area contributed by atoms with E-state index in [4.69, 9.17) is 0 Å². The molecule has 0 bridgehead atoms. The van der Waals surface area contributed by atoms with Crippen LogP contribution >= 0.6 is 37.9 Å². The van der Waals surface area contributed by atoms with Crippen LogP contribution in [-0.4, -0.2) is 52.7 Å². The van der Waals surface area contributed by atoms with Crippen molar-refractivity contribution >= 4 is 59.7 Å². The molecule has 0 atom stereocenters. The van der Waals surface area contributed by atoms with E-state index in [1.165, 1.54) is 20.8 Å². The molecular weight excluding hydrogens is 478 g/mol. The van der Waals surface area contributed by atoms with E-state index in [-0.39, 0.29) is 32.4 Å². The van der Waals surface area contributed by atoms with Gasteiger partial charge in [-0.05, 0) is 13.8 Å². The highest BCUT2D eigenvalue weighted by molar-refractivity contribution is 7.72. The Balaban J connectivity index is 2.49. The molecule has 2 aromatic rings. The van der Waals surface area contributed by atoms with Crippen molar-refractivity contribution in [2.45, 2.75) is 32.7 Å². The number of hydrogen-bond donors (Lipinski definition) is 6. The van der Waals surface area contributed by atoms with Crippen molar-refractivity contribution in [1.29, 1.82) is 0 Å². The Hall–Kier alpha value is -1.50. The fraction of sp³-hybridized carbons (Fsp3) is 0.429. The molecule has 0 unspecified atom stereocenters. The highest BCUT2D eigenvalue weighted by Crippen LogP contribution is 2.68. The van der Waals surface area contributed by atoms with Crippen molar-refractivity contribution in [3.63, 3.8) is 0 Å². The number of nitrogens with one attached hydrogen (secondary N) is 2. The molecule has 16 heteroatoms. The first-order valence-electron chi connectivity index (χ1n) is 8.19. The molecular formula is C14H20N4O8P2S2. The monoisotopic (exact) mass is 498 g/mol. The Morgan fingerprint density at radius 3 is 1.67 bits per heavy atom. The Labute approximate surface area is 179 Å². The van der Waals surface area contributed by atoms with Crippen molar-refractivity contribution in [3.05, 3.63) is 21.1 Å². The van der Waals surface area contributed by atoms with Crippen LogP contribution in [0.5, 0.6) is 0 Å². The number of Topliss-reactive ketones (excluding diaryl/α,β-unsaturated/α-hetero) is 2. The van der Waals surface area contributed by atoms with Crippen LogP contribution in [0.2, 0.25) is 0 Å². The van der Waals surface area contributed by atoms with Crippen LogP contribution in [0.4, 0.5) is 10.3 Å². The average Bonchev–Trinajstić information content (AvgIpc) is 3.11. The third-order valence-electron chi connectivity index (χ3n) is 3.99. The summed E-state index contributed by atoms with van der Waals surface area (Å²) in [5, 5.41) is 1.39. The maximum absolute atomic E-state index is 12.3. The number of carbonyl (C=O) groups excluding carboxylic acids is 2. The summed E-state index contributed by atoms with van der Waals surface area (Å²) in [5.41, 5.74) is 0.609. The predicted molar refractivity (Wildman–Crippen MR) is 113 cm³/mol. The summed E-state index contributed by atoms with van der Waals surface area (Å²) in [7, 11) is -11.1. The lowest BCUT2D eigenvalue weighted by molar-refractivity contribution is 0.101. The third-order valence-corrected chi connectivity index (χ3v) is 10.4. The van der Waals surface area contributed by atoms with Gasteiger partial charge in [0, 0.05) is 13.8 Å². The summed E-state index contributed by atoms with van der Waals surface area (Å²) in [4.78, 5) is 71.2. The van der Waals surface area contributed by atoms with Crippen molar-refractivity contribution in [2.24, 2.45) is 0 Å². The van der Waals surface area contributed by atoms with E-state index in [1.54, 1.807) is 6.92 Å². The second kappa shape index (κ2) is 8.56. The average molecular weight is 498 g/mol. The first kappa shape index (κ1) is 24.8.